The lowest BCUT2D eigenvalue weighted by atomic mass is 9.61. The molecular weight excluding hydrogens is 382 g/mol. The molecule has 0 saturated heterocycles. The average Bonchev–Trinajstić information content (AvgIpc) is 2.70. The van der Waals surface area contributed by atoms with Gasteiger partial charge in [0.2, 0.25) is 0 Å². The molecular formula is C24H29NO5. The van der Waals surface area contributed by atoms with Gasteiger partial charge in [-0.1, -0.05) is 39.0 Å². The van der Waals surface area contributed by atoms with Gasteiger partial charge in [0.15, 0.2) is 0 Å². The van der Waals surface area contributed by atoms with Gasteiger partial charge in [0.25, 0.3) is 0 Å². The molecule has 0 bridgehead atoms. The number of fused-ring (bicyclic) bond motifs is 1. The minimum atomic E-state index is -0.976. The quantitative estimate of drug-likeness (QED) is 0.741. The van der Waals surface area contributed by atoms with Crippen molar-refractivity contribution in [2.75, 3.05) is 14.2 Å². The van der Waals surface area contributed by atoms with Gasteiger partial charge in [0.05, 0.1) is 19.8 Å². The Morgan fingerprint density at radius 2 is 1.73 bits per heavy atom. The van der Waals surface area contributed by atoms with Gasteiger partial charge in [0.1, 0.15) is 11.3 Å². The highest BCUT2D eigenvalue weighted by Gasteiger charge is 2.56. The zero-order valence-electron chi connectivity index (χ0n) is 18.4. The van der Waals surface area contributed by atoms with Gasteiger partial charge in [-0.15, -0.1) is 0 Å². The van der Waals surface area contributed by atoms with Crippen molar-refractivity contribution in [2.24, 2.45) is 5.41 Å². The second-order valence-corrected chi connectivity index (χ2v) is 8.76. The minimum absolute atomic E-state index is 0.249. The summed E-state index contributed by atoms with van der Waals surface area (Å²) in [5.74, 6) is 0.317. The van der Waals surface area contributed by atoms with E-state index in [2.05, 4.69) is 0 Å². The van der Waals surface area contributed by atoms with Gasteiger partial charge in [-0.05, 0) is 59.7 Å². The van der Waals surface area contributed by atoms with E-state index in [1.165, 1.54) is 7.11 Å². The number of esters is 1. The molecule has 0 radical (unpaired) electrons. The van der Waals surface area contributed by atoms with Crippen LogP contribution in [-0.4, -0.2) is 42.3 Å². The molecule has 2 aromatic carbocycles. The molecule has 0 spiro atoms. The van der Waals surface area contributed by atoms with E-state index < -0.39 is 23.0 Å². The zero-order chi connectivity index (χ0) is 22.3. The average molecular weight is 411 g/mol. The van der Waals surface area contributed by atoms with Crippen molar-refractivity contribution in [2.45, 2.75) is 45.7 Å². The molecule has 0 aliphatic carbocycles. The first-order valence-corrected chi connectivity index (χ1v) is 9.96. The Balaban J connectivity index is 2.37. The lowest BCUT2D eigenvalue weighted by molar-refractivity contribution is -0.00532. The topological polar surface area (TPSA) is 76.1 Å². The van der Waals surface area contributed by atoms with E-state index in [9.17, 15) is 14.7 Å². The number of hydrogen-bond acceptors (Lipinski definition) is 4. The third-order valence-electron chi connectivity index (χ3n) is 6.03. The second-order valence-electron chi connectivity index (χ2n) is 8.76. The van der Waals surface area contributed by atoms with E-state index in [1.54, 1.807) is 24.1 Å². The predicted octanol–water partition coefficient (Wildman–Crippen LogP) is 4.70. The van der Waals surface area contributed by atoms with Crippen molar-refractivity contribution < 1.29 is 24.2 Å². The molecule has 2 aromatic rings. The summed E-state index contributed by atoms with van der Waals surface area (Å²) in [4.78, 5) is 26.1. The number of methoxy groups -OCH3 is 2. The fourth-order valence-electron chi connectivity index (χ4n) is 4.88. The number of rotatable bonds is 3. The lowest BCUT2D eigenvalue weighted by Crippen LogP contribution is -2.63. The molecule has 1 aliphatic heterocycles. The van der Waals surface area contributed by atoms with Crippen LogP contribution < -0.4 is 4.74 Å². The Kier molecular flexibility index (Phi) is 5.54. The van der Waals surface area contributed by atoms with Crippen LogP contribution >= 0.6 is 0 Å². The van der Waals surface area contributed by atoms with Crippen LogP contribution in [0.15, 0.2) is 42.5 Å². The molecule has 0 fully saturated rings. The molecule has 6 nitrogen and oxygen atoms in total. The van der Waals surface area contributed by atoms with E-state index in [-0.39, 0.29) is 6.04 Å². The normalized spacial score (nSPS) is 21.0. The first kappa shape index (κ1) is 21.7. The number of carbonyl (C=O) groups is 2. The largest absolute Gasteiger partial charge is 0.497 e. The highest BCUT2D eigenvalue weighted by Crippen LogP contribution is 2.54. The molecule has 30 heavy (non-hydrogen) atoms. The Morgan fingerprint density at radius 3 is 2.23 bits per heavy atom. The number of nitrogens with zero attached hydrogens (tertiary/aromatic N) is 1. The SMILES string of the molecule is COC(=O)c1ccc([C@@]2(C(C)(C)C)c3ccc(OC)cc3C[C@H](C)N2C(=O)O)cc1. The standard InChI is InChI=1S/C24H29NO5/c1-15-13-17-14-19(29-5)11-12-20(17)24(23(2,3)4,25(15)22(27)28)18-9-7-16(8-10-18)21(26)30-6/h7-12,14-15H,13H2,1-6H3,(H,27,28)/t15-,24-/m0/s1. The van der Waals surface area contributed by atoms with Crippen molar-refractivity contribution in [1.82, 2.24) is 4.90 Å². The van der Waals surface area contributed by atoms with Gasteiger partial charge in [-0.3, -0.25) is 4.90 Å². The van der Waals surface area contributed by atoms with Crippen LogP contribution in [-0.2, 0) is 16.7 Å². The summed E-state index contributed by atoms with van der Waals surface area (Å²) in [6.07, 6.45) is -0.382. The van der Waals surface area contributed by atoms with Gasteiger partial charge >= 0.3 is 12.1 Å². The summed E-state index contributed by atoms with van der Waals surface area (Å²) in [5.41, 5.74) is 1.78. The van der Waals surface area contributed by atoms with Crippen molar-refractivity contribution >= 4 is 12.1 Å². The number of carboxylic acid groups (broad SMARTS) is 1. The molecule has 6 heteroatoms. The number of carbonyl (C=O) groups excluding carboxylic acids is 1. The van der Waals surface area contributed by atoms with Crippen LogP contribution in [0.5, 0.6) is 5.75 Å². The summed E-state index contributed by atoms with van der Waals surface area (Å²) in [7, 11) is 2.96. The highest BCUT2D eigenvalue weighted by molar-refractivity contribution is 5.89. The number of amides is 1. The maximum Gasteiger partial charge on any atom is 0.408 e. The zero-order valence-corrected chi connectivity index (χ0v) is 18.4. The number of ether oxygens (including phenoxy) is 2. The summed E-state index contributed by atoms with van der Waals surface area (Å²) >= 11 is 0. The van der Waals surface area contributed by atoms with E-state index >= 15 is 0 Å². The third kappa shape index (κ3) is 3.20. The lowest BCUT2D eigenvalue weighted by Gasteiger charge is -2.57. The molecule has 0 aromatic heterocycles. The number of benzene rings is 2. The molecule has 160 valence electrons. The van der Waals surface area contributed by atoms with Crippen LogP contribution in [0.1, 0.15) is 54.7 Å². The van der Waals surface area contributed by atoms with E-state index in [4.69, 9.17) is 9.47 Å². The second kappa shape index (κ2) is 7.67. The van der Waals surface area contributed by atoms with Gasteiger partial charge in [0, 0.05) is 6.04 Å². The third-order valence-corrected chi connectivity index (χ3v) is 6.03. The number of hydrogen-bond donors (Lipinski definition) is 1. The molecule has 2 atom stereocenters. The van der Waals surface area contributed by atoms with E-state index in [0.29, 0.717) is 12.0 Å². The van der Waals surface area contributed by atoms with E-state index in [0.717, 1.165) is 22.4 Å². The first-order chi connectivity index (χ1) is 14.1. The molecule has 1 N–H and O–H groups in total. The summed E-state index contributed by atoms with van der Waals surface area (Å²) in [6.45, 7) is 8.06. The maximum atomic E-state index is 12.6. The Bertz CT molecular complexity index is 961. The summed E-state index contributed by atoms with van der Waals surface area (Å²) in [5, 5.41) is 10.3. The molecule has 1 aliphatic rings. The van der Waals surface area contributed by atoms with Gasteiger partial charge in [-0.2, -0.15) is 0 Å². The van der Waals surface area contributed by atoms with Crippen LogP contribution in [0, 0.1) is 5.41 Å². The van der Waals surface area contributed by atoms with Crippen LogP contribution in [0.3, 0.4) is 0 Å². The van der Waals surface area contributed by atoms with Crippen molar-refractivity contribution in [3.63, 3.8) is 0 Å². The Hall–Kier alpha value is -3.02. The van der Waals surface area contributed by atoms with Crippen LogP contribution in [0.4, 0.5) is 4.79 Å². The summed E-state index contributed by atoms with van der Waals surface area (Å²) in [6, 6.07) is 12.6. The minimum Gasteiger partial charge on any atom is -0.497 e. The summed E-state index contributed by atoms with van der Waals surface area (Å²) < 4.78 is 10.2. The van der Waals surface area contributed by atoms with Crippen LogP contribution in [0.2, 0.25) is 0 Å². The van der Waals surface area contributed by atoms with Crippen molar-refractivity contribution in [3.05, 3.63) is 64.7 Å². The Morgan fingerprint density at radius 1 is 1.10 bits per heavy atom. The first-order valence-electron chi connectivity index (χ1n) is 9.96. The van der Waals surface area contributed by atoms with Crippen molar-refractivity contribution in [3.8, 4) is 5.75 Å². The van der Waals surface area contributed by atoms with E-state index in [1.807, 2.05) is 58.0 Å². The Labute approximate surface area is 177 Å². The molecule has 1 amide bonds. The van der Waals surface area contributed by atoms with Crippen LogP contribution in [0.25, 0.3) is 0 Å². The van der Waals surface area contributed by atoms with Crippen molar-refractivity contribution in [1.29, 1.82) is 0 Å². The van der Waals surface area contributed by atoms with Gasteiger partial charge in [-0.25, -0.2) is 9.59 Å². The molecule has 3 rings (SSSR count). The monoisotopic (exact) mass is 411 g/mol. The highest BCUT2D eigenvalue weighted by atomic mass is 16.5. The maximum absolute atomic E-state index is 12.6. The fraction of sp³-hybridized carbons (Fsp3) is 0.417. The predicted molar refractivity (Wildman–Crippen MR) is 114 cm³/mol. The molecule has 0 unspecified atom stereocenters. The fourth-order valence-corrected chi connectivity index (χ4v) is 4.88. The smallest absolute Gasteiger partial charge is 0.408 e. The molecule has 0 saturated carbocycles. The van der Waals surface area contributed by atoms with Gasteiger partial charge < -0.3 is 14.6 Å². The molecule has 1 heterocycles.